The van der Waals surface area contributed by atoms with E-state index in [1.54, 1.807) is 36.4 Å². The minimum atomic E-state index is -0.689. The second-order valence-corrected chi connectivity index (χ2v) is 7.06. The molecule has 0 unspecified atom stereocenters. The van der Waals surface area contributed by atoms with Gasteiger partial charge < -0.3 is 9.15 Å². The molecule has 2 aromatic carbocycles. The van der Waals surface area contributed by atoms with Gasteiger partial charge in [0.15, 0.2) is 0 Å². The minimum Gasteiger partial charge on any atom is -0.493 e. The lowest BCUT2D eigenvalue weighted by Gasteiger charge is -2.10. The monoisotopic (exact) mass is 443 g/mol. The SMILES string of the molecule is O=c1oc(=O)n(CCCOc2cc(Cl)cc(Cl)c2)c2ccc(Br)cc12. The summed E-state index contributed by atoms with van der Waals surface area (Å²) in [4.78, 5) is 23.8. The largest absolute Gasteiger partial charge is 0.493 e. The van der Waals surface area contributed by atoms with Crippen LogP contribution >= 0.6 is 39.1 Å². The predicted octanol–water partition coefficient (Wildman–Crippen LogP) is 4.49. The van der Waals surface area contributed by atoms with Gasteiger partial charge in [0, 0.05) is 21.1 Å². The van der Waals surface area contributed by atoms with Gasteiger partial charge in [0.25, 0.3) is 0 Å². The summed E-state index contributed by atoms with van der Waals surface area (Å²) in [6.07, 6.45) is 0.531. The van der Waals surface area contributed by atoms with E-state index in [0.29, 0.717) is 46.3 Å². The van der Waals surface area contributed by atoms with Crippen LogP contribution in [0.4, 0.5) is 0 Å². The summed E-state index contributed by atoms with van der Waals surface area (Å²) in [7, 11) is 0. The van der Waals surface area contributed by atoms with Crippen LogP contribution in [0.1, 0.15) is 6.42 Å². The summed E-state index contributed by atoms with van der Waals surface area (Å²) in [5.74, 6) is -0.135. The number of rotatable bonds is 5. The first kappa shape index (κ1) is 18.0. The van der Waals surface area contributed by atoms with Crippen molar-refractivity contribution in [3.05, 3.63) is 71.9 Å². The Kier molecular flexibility index (Phi) is 5.51. The van der Waals surface area contributed by atoms with Crippen LogP contribution in [-0.2, 0) is 6.54 Å². The van der Waals surface area contributed by atoms with Gasteiger partial charge in [-0.2, -0.15) is 0 Å². The normalized spacial score (nSPS) is 11.0. The molecule has 130 valence electrons. The van der Waals surface area contributed by atoms with Gasteiger partial charge in [0.2, 0.25) is 0 Å². The van der Waals surface area contributed by atoms with Crippen LogP contribution in [0.3, 0.4) is 0 Å². The standard InChI is InChI=1S/C17H12BrCl2NO4/c18-10-2-3-15-14(6-10)16(22)25-17(23)21(15)4-1-5-24-13-8-11(19)7-12(20)9-13/h2-3,6-9H,1,4-5H2. The molecule has 3 aromatic rings. The molecule has 0 aliphatic rings. The van der Waals surface area contributed by atoms with Crippen LogP contribution in [0, 0.1) is 0 Å². The van der Waals surface area contributed by atoms with Crippen LogP contribution in [-0.4, -0.2) is 11.2 Å². The van der Waals surface area contributed by atoms with Gasteiger partial charge in [0.1, 0.15) is 5.75 Å². The van der Waals surface area contributed by atoms with Crippen molar-refractivity contribution in [2.24, 2.45) is 0 Å². The number of hydrogen-bond donors (Lipinski definition) is 0. The summed E-state index contributed by atoms with van der Waals surface area (Å²) in [6, 6.07) is 10.0. The fourth-order valence-electron chi connectivity index (χ4n) is 2.43. The Hall–Kier alpha value is -1.76. The zero-order valence-corrected chi connectivity index (χ0v) is 15.9. The van der Waals surface area contributed by atoms with E-state index >= 15 is 0 Å². The van der Waals surface area contributed by atoms with Crippen molar-refractivity contribution in [2.75, 3.05) is 6.61 Å². The molecule has 25 heavy (non-hydrogen) atoms. The zero-order valence-electron chi connectivity index (χ0n) is 12.8. The highest BCUT2D eigenvalue weighted by molar-refractivity contribution is 9.10. The maximum atomic E-state index is 12.0. The van der Waals surface area contributed by atoms with E-state index in [2.05, 4.69) is 15.9 Å². The molecule has 0 saturated carbocycles. The number of aryl methyl sites for hydroxylation is 1. The molecular weight excluding hydrogens is 433 g/mol. The zero-order chi connectivity index (χ0) is 18.0. The summed E-state index contributed by atoms with van der Waals surface area (Å²) >= 11 is 15.1. The second kappa shape index (κ2) is 7.64. The molecule has 1 heterocycles. The first-order valence-electron chi connectivity index (χ1n) is 7.36. The first-order valence-corrected chi connectivity index (χ1v) is 8.91. The highest BCUT2D eigenvalue weighted by Gasteiger charge is 2.10. The molecule has 8 heteroatoms. The number of benzene rings is 2. The van der Waals surface area contributed by atoms with Crippen molar-refractivity contribution in [2.45, 2.75) is 13.0 Å². The average Bonchev–Trinajstić information content (AvgIpc) is 2.53. The number of aromatic nitrogens is 1. The minimum absolute atomic E-state index is 0.342. The molecule has 3 rings (SSSR count). The number of halogens is 3. The van der Waals surface area contributed by atoms with Crippen molar-refractivity contribution in [1.82, 2.24) is 4.57 Å². The van der Waals surface area contributed by atoms with E-state index in [9.17, 15) is 9.59 Å². The smallest absolute Gasteiger partial charge is 0.422 e. The highest BCUT2D eigenvalue weighted by atomic mass is 79.9. The number of ether oxygens (including phenoxy) is 1. The molecule has 0 N–H and O–H groups in total. The number of fused-ring (bicyclic) bond motifs is 1. The third-order valence-corrected chi connectivity index (χ3v) is 4.43. The highest BCUT2D eigenvalue weighted by Crippen LogP contribution is 2.24. The lowest BCUT2D eigenvalue weighted by Crippen LogP contribution is -2.25. The van der Waals surface area contributed by atoms with E-state index in [-0.39, 0.29) is 0 Å². The van der Waals surface area contributed by atoms with Crippen molar-refractivity contribution < 1.29 is 9.15 Å². The van der Waals surface area contributed by atoms with Crippen molar-refractivity contribution in [3.63, 3.8) is 0 Å². The van der Waals surface area contributed by atoms with Crippen molar-refractivity contribution in [3.8, 4) is 5.75 Å². The van der Waals surface area contributed by atoms with Crippen molar-refractivity contribution in [1.29, 1.82) is 0 Å². The molecule has 0 radical (unpaired) electrons. The Morgan fingerprint density at radius 1 is 1.08 bits per heavy atom. The quantitative estimate of drug-likeness (QED) is 0.544. The Bertz CT molecular complexity index is 1020. The fourth-order valence-corrected chi connectivity index (χ4v) is 3.30. The summed E-state index contributed by atoms with van der Waals surface area (Å²) < 4.78 is 12.5. The Labute approximate surface area is 160 Å². The van der Waals surface area contributed by atoms with E-state index < -0.39 is 11.4 Å². The van der Waals surface area contributed by atoms with E-state index in [1.165, 1.54) is 4.57 Å². The van der Waals surface area contributed by atoms with Crippen LogP contribution in [0.15, 0.2) is 54.9 Å². The maximum Gasteiger partial charge on any atom is 0.422 e. The summed E-state index contributed by atoms with van der Waals surface area (Å²) in [6.45, 7) is 0.690. The molecule has 0 aliphatic carbocycles. The fraction of sp³-hybridized carbons (Fsp3) is 0.176. The molecule has 0 spiro atoms. The number of hydrogen-bond acceptors (Lipinski definition) is 4. The third kappa shape index (κ3) is 4.26. The van der Waals surface area contributed by atoms with Gasteiger partial charge in [-0.25, -0.2) is 9.59 Å². The molecule has 5 nitrogen and oxygen atoms in total. The molecule has 1 aromatic heterocycles. The van der Waals surface area contributed by atoms with Crippen LogP contribution < -0.4 is 16.1 Å². The van der Waals surface area contributed by atoms with E-state index in [4.69, 9.17) is 32.4 Å². The topological polar surface area (TPSA) is 61.4 Å². The Morgan fingerprint density at radius 2 is 1.80 bits per heavy atom. The summed E-state index contributed by atoms with van der Waals surface area (Å²) in [5, 5.41) is 1.32. The van der Waals surface area contributed by atoms with Gasteiger partial charge in [-0.3, -0.25) is 4.57 Å². The average molecular weight is 445 g/mol. The molecule has 0 bridgehead atoms. The molecule has 0 aliphatic heterocycles. The third-order valence-electron chi connectivity index (χ3n) is 3.50. The molecule has 0 saturated heterocycles. The molecule has 0 fully saturated rings. The van der Waals surface area contributed by atoms with Crippen molar-refractivity contribution >= 4 is 50.0 Å². The molecule has 0 atom stereocenters. The summed E-state index contributed by atoms with van der Waals surface area (Å²) in [5.41, 5.74) is -0.127. The van der Waals surface area contributed by atoms with Gasteiger partial charge in [-0.1, -0.05) is 39.1 Å². The van der Waals surface area contributed by atoms with E-state index in [1.807, 2.05) is 0 Å². The lowest BCUT2D eigenvalue weighted by molar-refractivity contribution is 0.296. The van der Waals surface area contributed by atoms with Gasteiger partial charge >= 0.3 is 11.4 Å². The van der Waals surface area contributed by atoms with Gasteiger partial charge in [0.05, 0.1) is 17.5 Å². The Balaban J connectivity index is 1.75. The molecular formula is C17H12BrCl2NO4. The van der Waals surface area contributed by atoms with E-state index in [0.717, 1.165) is 4.47 Å². The maximum absolute atomic E-state index is 12.0. The number of nitrogens with zero attached hydrogens (tertiary/aromatic N) is 1. The molecule has 0 amide bonds. The second-order valence-electron chi connectivity index (χ2n) is 5.28. The Morgan fingerprint density at radius 3 is 2.52 bits per heavy atom. The first-order chi connectivity index (χ1) is 11.9. The predicted molar refractivity (Wildman–Crippen MR) is 101 cm³/mol. The lowest BCUT2D eigenvalue weighted by atomic mass is 10.2. The van der Waals surface area contributed by atoms with Gasteiger partial charge in [-0.15, -0.1) is 0 Å². The van der Waals surface area contributed by atoms with Crippen LogP contribution in [0.5, 0.6) is 5.75 Å². The van der Waals surface area contributed by atoms with Crippen LogP contribution in [0.2, 0.25) is 10.0 Å². The van der Waals surface area contributed by atoms with Gasteiger partial charge in [-0.05, 0) is 42.8 Å². The van der Waals surface area contributed by atoms with Crippen LogP contribution in [0.25, 0.3) is 10.9 Å².